The molecule has 0 spiro atoms. The number of ether oxygens (including phenoxy) is 3. The first-order chi connectivity index (χ1) is 34.6. The third kappa shape index (κ3) is 13.7. The number of hydrogen-bond donors (Lipinski definition) is 1. The largest absolute Gasteiger partial charge is 0.492 e. The third-order valence-corrected chi connectivity index (χ3v) is 12.8. The summed E-state index contributed by atoms with van der Waals surface area (Å²) in [6.45, 7) is 14.4. The molecule has 2 fully saturated rings. The first-order valence-electron chi connectivity index (χ1n) is 25.3. The maximum atomic E-state index is 12.2. The highest BCUT2D eigenvalue weighted by atomic mass is 16.6. The monoisotopic (exact) mass is 954 g/mol. The van der Waals surface area contributed by atoms with Crippen molar-refractivity contribution in [2.45, 2.75) is 84.3 Å². The summed E-state index contributed by atoms with van der Waals surface area (Å²) in [6.07, 6.45) is 7.52. The average Bonchev–Trinajstić information content (AvgIpc) is 4.23. The quantitative estimate of drug-likeness (QED) is 0.0824. The molecule has 4 aromatic heterocycles. The maximum Gasteiger partial charge on any atom is 0.306 e. The minimum atomic E-state index is -0.470. The molecule has 2 saturated heterocycles. The van der Waals surface area contributed by atoms with Gasteiger partial charge < -0.3 is 19.9 Å². The van der Waals surface area contributed by atoms with Gasteiger partial charge in [-0.3, -0.25) is 14.6 Å². The summed E-state index contributed by atoms with van der Waals surface area (Å²) in [7, 11) is 0. The number of likely N-dealkylation sites (tertiary alicyclic amines) is 2. The van der Waals surface area contributed by atoms with Crippen molar-refractivity contribution in [2.24, 2.45) is 5.73 Å². The van der Waals surface area contributed by atoms with Gasteiger partial charge in [-0.2, -0.15) is 10.2 Å². The van der Waals surface area contributed by atoms with Gasteiger partial charge in [0.15, 0.2) is 22.9 Å². The standard InChI is InChI=1S/C32H38N4O3.C26H29N5O/c1-32(2,3)39-31(37)17-14-24-8-6-9-26(22-24)28-10-7-11-30-33-29(34-36(28)30)23-25-12-15-27(16-13-25)38-21-20-35-18-4-5-19-35;27-19-21-5-3-6-22(17-21)24-7-4-8-26-28-25(29-31(24)26)18-20-9-11-23(12-10-20)32-16-15-30-13-1-2-14-30/h6-13,15-16,22H,4-5,14,17-21,23H2,1-3H3;3-12,17H,1-2,13-16,18-19,27H2. The molecule has 0 radical (unpaired) electrons. The number of nitrogens with zero attached hydrogens (tertiary/aromatic N) is 8. The Morgan fingerprint density at radius 1 is 0.563 bits per heavy atom. The summed E-state index contributed by atoms with van der Waals surface area (Å²) in [5.74, 6) is 3.20. The van der Waals surface area contributed by atoms with Gasteiger partial charge in [0.05, 0.1) is 11.4 Å². The summed E-state index contributed by atoms with van der Waals surface area (Å²) >= 11 is 0. The predicted octanol–water partition coefficient (Wildman–Crippen LogP) is 9.66. The molecular formula is C58H67N9O4. The highest BCUT2D eigenvalue weighted by Gasteiger charge is 2.18. The lowest BCUT2D eigenvalue weighted by atomic mass is 10.0. The van der Waals surface area contributed by atoms with E-state index in [2.05, 4.69) is 64.4 Å². The van der Waals surface area contributed by atoms with Gasteiger partial charge in [-0.25, -0.2) is 19.0 Å². The van der Waals surface area contributed by atoms with Crippen LogP contribution in [0, 0.1) is 0 Å². The van der Waals surface area contributed by atoms with Crippen LogP contribution in [0.3, 0.4) is 0 Å². The van der Waals surface area contributed by atoms with Gasteiger partial charge in [0, 0.05) is 50.0 Å². The lowest BCUT2D eigenvalue weighted by Crippen LogP contribution is -2.25. The van der Waals surface area contributed by atoms with Crippen LogP contribution in [0.25, 0.3) is 33.8 Å². The zero-order valence-electron chi connectivity index (χ0n) is 41.5. The Bertz CT molecular complexity index is 2980. The zero-order valence-corrected chi connectivity index (χ0v) is 41.5. The number of rotatable bonds is 18. The van der Waals surface area contributed by atoms with Crippen LogP contribution in [0.4, 0.5) is 0 Å². The Kier molecular flexibility index (Phi) is 16.1. The Labute approximate surface area is 417 Å². The Hall–Kier alpha value is -6.93. The fourth-order valence-corrected chi connectivity index (χ4v) is 9.24. The van der Waals surface area contributed by atoms with Crippen LogP contribution >= 0.6 is 0 Å². The molecule has 6 heterocycles. The second-order valence-corrected chi connectivity index (χ2v) is 19.5. The molecule has 2 aliphatic rings. The molecule has 0 bridgehead atoms. The van der Waals surface area contributed by atoms with Crippen molar-refractivity contribution in [3.63, 3.8) is 0 Å². The summed E-state index contributed by atoms with van der Waals surface area (Å²) in [5, 5.41) is 9.63. The molecule has 0 atom stereocenters. The Morgan fingerprint density at radius 2 is 1.01 bits per heavy atom. The highest BCUT2D eigenvalue weighted by Crippen LogP contribution is 2.25. The summed E-state index contributed by atoms with van der Waals surface area (Å²) in [5.41, 5.74) is 15.6. The first kappa shape index (κ1) is 49.1. The van der Waals surface area contributed by atoms with E-state index in [9.17, 15) is 4.79 Å². The van der Waals surface area contributed by atoms with Crippen molar-refractivity contribution < 1.29 is 19.0 Å². The number of benzene rings is 4. The third-order valence-electron chi connectivity index (χ3n) is 12.8. The van der Waals surface area contributed by atoms with Crippen molar-refractivity contribution in [2.75, 3.05) is 52.5 Å². The summed E-state index contributed by atoms with van der Waals surface area (Å²) in [6, 6.07) is 45.1. The molecule has 0 saturated carbocycles. The second kappa shape index (κ2) is 23.3. The molecule has 71 heavy (non-hydrogen) atoms. The highest BCUT2D eigenvalue weighted by molar-refractivity contribution is 5.70. The fourth-order valence-electron chi connectivity index (χ4n) is 9.24. The van der Waals surface area contributed by atoms with E-state index >= 15 is 0 Å². The minimum Gasteiger partial charge on any atom is -0.492 e. The van der Waals surface area contributed by atoms with E-state index in [0.717, 1.165) is 100.0 Å². The maximum absolute atomic E-state index is 12.2. The van der Waals surface area contributed by atoms with Gasteiger partial charge in [-0.15, -0.1) is 0 Å². The molecule has 13 nitrogen and oxygen atoms in total. The van der Waals surface area contributed by atoms with Crippen molar-refractivity contribution in [3.05, 3.63) is 167 Å². The summed E-state index contributed by atoms with van der Waals surface area (Å²) in [4.78, 5) is 26.6. The number of carbonyl (C=O) groups excluding carboxylic acids is 1. The second-order valence-electron chi connectivity index (χ2n) is 19.5. The van der Waals surface area contributed by atoms with Gasteiger partial charge >= 0.3 is 5.97 Å². The number of fused-ring (bicyclic) bond motifs is 2. The van der Waals surface area contributed by atoms with Crippen LogP contribution in [0.15, 0.2) is 133 Å². The van der Waals surface area contributed by atoms with Gasteiger partial charge in [0.1, 0.15) is 30.3 Å². The molecule has 2 N–H and O–H groups in total. The zero-order chi connectivity index (χ0) is 49.0. The number of hydrogen-bond acceptors (Lipinski definition) is 11. The van der Waals surface area contributed by atoms with E-state index in [1.807, 2.05) is 109 Å². The van der Waals surface area contributed by atoms with Crippen molar-refractivity contribution >= 4 is 17.3 Å². The molecule has 368 valence electrons. The Balaban J connectivity index is 0.000000179. The molecule has 0 amide bonds. The Morgan fingerprint density at radius 3 is 1.48 bits per heavy atom. The van der Waals surface area contributed by atoms with Crippen LogP contribution in [-0.2, 0) is 35.3 Å². The average molecular weight is 954 g/mol. The van der Waals surface area contributed by atoms with Gasteiger partial charge in [0.25, 0.3) is 0 Å². The fraction of sp³-hybridized carbons (Fsp3) is 0.362. The molecule has 4 aromatic carbocycles. The SMILES string of the molecule is CC(C)(C)OC(=O)CCc1cccc(-c2cccc3nc(Cc4ccc(OCCN5CCCC5)cc4)nn23)c1.NCc1cccc(-c2cccc3nc(Cc4ccc(OCCN5CCCC5)cc4)nn23)c1. The van der Waals surface area contributed by atoms with Crippen molar-refractivity contribution in [1.29, 1.82) is 0 Å². The predicted molar refractivity (Wildman–Crippen MR) is 280 cm³/mol. The van der Waals surface area contributed by atoms with Crippen LogP contribution < -0.4 is 15.2 Å². The van der Waals surface area contributed by atoms with Gasteiger partial charge in [-0.05, 0) is 162 Å². The number of aromatic nitrogens is 6. The van der Waals surface area contributed by atoms with Crippen molar-refractivity contribution in [3.8, 4) is 34.0 Å². The lowest BCUT2D eigenvalue weighted by Gasteiger charge is -2.19. The van der Waals surface area contributed by atoms with Crippen LogP contribution in [-0.4, -0.2) is 103 Å². The van der Waals surface area contributed by atoms with E-state index in [1.165, 1.54) is 57.4 Å². The molecular weight excluding hydrogens is 887 g/mol. The van der Waals surface area contributed by atoms with E-state index in [4.69, 9.17) is 40.1 Å². The summed E-state index contributed by atoms with van der Waals surface area (Å²) < 4.78 is 21.1. The number of carbonyl (C=O) groups is 1. The van der Waals surface area contributed by atoms with Crippen LogP contribution in [0.1, 0.15) is 86.8 Å². The van der Waals surface area contributed by atoms with Crippen LogP contribution in [0.2, 0.25) is 0 Å². The number of nitrogens with two attached hydrogens (primary N) is 1. The van der Waals surface area contributed by atoms with Gasteiger partial charge in [0.2, 0.25) is 0 Å². The normalized spacial score (nSPS) is 14.2. The van der Waals surface area contributed by atoms with E-state index in [0.29, 0.717) is 32.2 Å². The number of pyridine rings is 2. The molecule has 0 aliphatic carbocycles. The topological polar surface area (TPSA) is 138 Å². The van der Waals surface area contributed by atoms with E-state index < -0.39 is 5.60 Å². The van der Waals surface area contributed by atoms with E-state index in [-0.39, 0.29) is 5.97 Å². The number of esters is 1. The first-order valence-corrected chi connectivity index (χ1v) is 25.3. The van der Waals surface area contributed by atoms with E-state index in [1.54, 1.807) is 0 Å². The molecule has 13 heteroatoms. The van der Waals surface area contributed by atoms with Crippen molar-refractivity contribution in [1.82, 2.24) is 39.0 Å². The number of aryl methyl sites for hydroxylation is 1. The molecule has 2 aliphatic heterocycles. The van der Waals surface area contributed by atoms with Crippen LogP contribution in [0.5, 0.6) is 11.5 Å². The molecule has 10 rings (SSSR count). The lowest BCUT2D eigenvalue weighted by molar-refractivity contribution is -0.154. The minimum absolute atomic E-state index is 0.183. The molecule has 8 aromatic rings. The van der Waals surface area contributed by atoms with Gasteiger partial charge in [-0.1, -0.05) is 72.8 Å². The smallest absolute Gasteiger partial charge is 0.306 e. The molecule has 0 unspecified atom stereocenters.